The molecule has 16 heavy (non-hydrogen) atoms. The first-order valence-corrected chi connectivity index (χ1v) is 4.81. The van der Waals surface area contributed by atoms with Crippen molar-refractivity contribution in [2.45, 2.75) is 6.92 Å². The number of rotatable bonds is 1. The van der Waals surface area contributed by atoms with E-state index >= 15 is 0 Å². The summed E-state index contributed by atoms with van der Waals surface area (Å²) in [5, 5.41) is 1.04. The first-order valence-electron chi connectivity index (χ1n) is 4.81. The maximum absolute atomic E-state index is 11.6. The lowest BCUT2D eigenvalue weighted by atomic mass is 10.1. The second-order valence-electron chi connectivity index (χ2n) is 3.42. The highest BCUT2D eigenvalue weighted by Crippen LogP contribution is 2.13. The van der Waals surface area contributed by atoms with Crippen molar-refractivity contribution in [3.8, 4) is 0 Å². The van der Waals surface area contributed by atoms with Gasteiger partial charge in [-0.2, -0.15) is 0 Å². The Balaban J connectivity index is 2.19. The van der Waals surface area contributed by atoms with Crippen LogP contribution in [0.5, 0.6) is 0 Å². The highest BCUT2D eigenvalue weighted by molar-refractivity contribution is 5.98. The van der Waals surface area contributed by atoms with E-state index in [4.69, 9.17) is 0 Å². The van der Waals surface area contributed by atoms with Crippen molar-refractivity contribution >= 4 is 22.7 Å². The molecule has 0 aliphatic heterocycles. The number of carbonyl (C=O) groups is 2. The second-order valence-corrected chi connectivity index (χ2v) is 3.42. The standard InChI is InChI=1S/C11H11N3O2/c1-7(15)13-14-11(16)9-3-2-8-4-5-12-10(8)6-9/h2-6,12H,1H3,(H,13,15)(H,14,16). The van der Waals surface area contributed by atoms with Crippen molar-refractivity contribution in [1.82, 2.24) is 15.8 Å². The van der Waals surface area contributed by atoms with Gasteiger partial charge in [0.05, 0.1) is 0 Å². The number of hydrazine groups is 1. The van der Waals surface area contributed by atoms with Crippen LogP contribution in [0.1, 0.15) is 17.3 Å². The Morgan fingerprint density at radius 2 is 2.00 bits per heavy atom. The van der Waals surface area contributed by atoms with Gasteiger partial charge in [0, 0.05) is 24.2 Å². The van der Waals surface area contributed by atoms with E-state index in [0.29, 0.717) is 5.56 Å². The summed E-state index contributed by atoms with van der Waals surface area (Å²) in [5.41, 5.74) is 5.91. The molecule has 0 saturated carbocycles. The summed E-state index contributed by atoms with van der Waals surface area (Å²) in [4.78, 5) is 25.2. The number of carbonyl (C=O) groups excluding carboxylic acids is 2. The van der Waals surface area contributed by atoms with Crippen LogP contribution in [0.3, 0.4) is 0 Å². The molecule has 5 heteroatoms. The molecule has 0 aliphatic carbocycles. The Morgan fingerprint density at radius 1 is 1.19 bits per heavy atom. The minimum Gasteiger partial charge on any atom is -0.361 e. The highest BCUT2D eigenvalue weighted by Gasteiger charge is 2.06. The molecule has 0 unspecified atom stereocenters. The van der Waals surface area contributed by atoms with E-state index in [9.17, 15) is 9.59 Å². The summed E-state index contributed by atoms with van der Waals surface area (Å²) < 4.78 is 0. The number of benzene rings is 1. The third-order valence-electron chi connectivity index (χ3n) is 2.17. The molecule has 0 aliphatic rings. The van der Waals surface area contributed by atoms with Crippen LogP contribution < -0.4 is 10.9 Å². The molecule has 1 heterocycles. The largest absolute Gasteiger partial charge is 0.361 e. The molecule has 0 spiro atoms. The van der Waals surface area contributed by atoms with Crippen LogP contribution in [0.25, 0.3) is 10.9 Å². The molecule has 2 aromatic rings. The van der Waals surface area contributed by atoms with Gasteiger partial charge >= 0.3 is 0 Å². The van der Waals surface area contributed by atoms with Gasteiger partial charge in [-0.1, -0.05) is 6.07 Å². The Labute approximate surface area is 91.8 Å². The number of aromatic amines is 1. The predicted octanol–water partition coefficient (Wildman–Crippen LogP) is 0.949. The van der Waals surface area contributed by atoms with Crippen LogP contribution in [-0.4, -0.2) is 16.8 Å². The van der Waals surface area contributed by atoms with Crippen LogP contribution in [0.15, 0.2) is 30.5 Å². The number of aromatic nitrogens is 1. The van der Waals surface area contributed by atoms with Gasteiger partial charge in [-0.25, -0.2) is 0 Å². The average Bonchev–Trinajstić information content (AvgIpc) is 2.72. The molecule has 0 saturated heterocycles. The van der Waals surface area contributed by atoms with Crippen molar-refractivity contribution < 1.29 is 9.59 Å². The maximum Gasteiger partial charge on any atom is 0.269 e. The fourth-order valence-electron chi connectivity index (χ4n) is 1.41. The van der Waals surface area contributed by atoms with E-state index in [0.717, 1.165) is 10.9 Å². The molecule has 0 atom stereocenters. The normalized spacial score (nSPS) is 10.1. The third-order valence-corrected chi connectivity index (χ3v) is 2.17. The van der Waals surface area contributed by atoms with Gasteiger partial charge in [-0.15, -0.1) is 0 Å². The predicted molar refractivity (Wildman–Crippen MR) is 59.6 cm³/mol. The van der Waals surface area contributed by atoms with Gasteiger partial charge in [0.15, 0.2) is 0 Å². The maximum atomic E-state index is 11.6. The number of hydrogen-bond acceptors (Lipinski definition) is 2. The molecule has 1 aromatic heterocycles. The second kappa shape index (κ2) is 4.06. The van der Waals surface area contributed by atoms with Crippen molar-refractivity contribution in [1.29, 1.82) is 0 Å². The van der Waals surface area contributed by atoms with Gasteiger partial charge < -0.3 is 4.98 Å². The Bertz CT molecular complexity index is 545. The molecule has 82 valence electrons. The molecule has 0 bridgehead atoms. The fourth-order valence-corrected chi connectivity index (χ4v) is 1.41. The summed E-state index contributed by atoms with van der Waals surface area (Å²) in [6.07, 6.45) is 1.81. The van der Waals surface area contributed by atoms with Crippen LogP contribution in [0.2, 0.25) is 0 Å². The Morgan fingerprint density at radius 3 is 2.75 bits per heavy atom. The molecule has 2 amide bonds. The molecule has 0 fully saturated rings. The number of nitrogens with one attached hydrogen (secondary N) is 3. The molecule has 5 nitrogen and oxygen atoms in total. The highest BCUT2D eigenvalue weighted by atomic mass is 16.2. The lowest BCUT2D eigenvalue weighted by molar-refractivity contribution is -0.119. The van der Waals surface area contributed by atoms with E-state index in [1.165, 1.54) is 6.92 Å². The van der Waals surface area contributed by atoms with Gasteiger partial charge in [-0.05, 0) is 23.6 Å². The summed E-state index contributed by atoms with van der Waals surface area (Å²) >= 11 is 0. The number of fused-ring (bicyclic) bond motifs is 1. The van der Waals surface area contributed by atoms with E-state index in [1.807, 2.05) is 12.1 Å². The van der Waals surface area contributed by atoms with E-state index in [2.05, 4.69) is 15.8 Å². The molecule has 0 radical (unpaired) electrons. The fraction of sp³-hybridized carbons (Fsp3) is 0.0909. The average molecular weight is 217 g/mol. The van der Waals surface area contributed by atoms with Crippen molar-refractivity contribution in [2.24, 2.45) is 0 Å². The molecule has 1 aromatic carbocycles. The molecular formula is C11H11N3O2. The smallest absolute Gasteiger partial charge is 0.269 e. The van der Waals surface area contributed by atoms with Crippen LogP contribution >= 0.6 is 0 Å². The Kier molecular flexibility index (Phi) is 2.59. The molecular weight excluding hydrogens is 206 g/mol. The van der Waals surface area contributed by atoms with Crippen molar-refractivity contribution in [3.05, 3.63) is 36.0 Å². The van der Waals surface area contributed by atoms with Crippen LogP contribution in [0.4, 0.5) is 0 Å². The van der Waals surface area contributed by atoms with Gasteiger partial charge in [0.2, 0.25) is 5.91 Å². The summed E-state index contributed by atoms with van der Waals surface area (Å²) in [5.74, 6) is -0.652. The number of amides is 2. The molecule has 3 N–H and O–H groups in total. The first-order chi connectivity index (χ1) is 7.66. The zero-order chi connectivity index (χ0) is 11.5. The minimum atomic E-state index is -0.341. The minimum absolute atomic E-state index is 0.311. The van der Waals surface area contributed by atoms with Gasteiger partial charge in [-0.3, -0.25) is 20.4 Å². The summed E-state index contributed by atoms with van der Waals surface area (Å²) in [6.45, 7) is 1.33. The lowest BCUT2D eigenvalue weighted by Crippen LogP contribution is -2.40. The zero-order valence-electron chi connectivity index (χ0n) is 8.70. The first kappa shape index (κ1) is 10.2. The lowest BCUT2D eigenvalue weighted by Gasteiger charge is -2.04. The van der Waals surface area contributed by atoms with Crippen molar-refractivity contribution in [3.63, 3.8) is 0 Å². The SMILES string of the molecule is CC(=O)NNC(=O)c1ccc2cc[nH]c2c1. The zero-order valence-corrected chi connectivity index (χ0v) is 8.70. The quantitative estimate of drug-likeness (QED) is 0.622. The van der Waals surface area contributed by atoms with E-state index in [-0.39, 0.29) is 11.8 Å². The van der Waals surface area contributed by atoms with Gasteiger partial charge in [0.1, 0.15) is 0 Å². The van der Waals surface area contributed by atoms with Crippen LogP contribution in [0, 0.1) is 0 Å². The van der Waals surface area contributed by atoms with E-state index in [1.54, 1.807) is 18.3 Å². The Hall–Kier alpha value is -2.30. The number of hydrogen-bond donors (Lipinski definition) is 3. The topological polar surface area (TPSA) is 74.0 Å². The monoisotopic (exact) mass is 217 g/mol. The summed E-state index contributed by atoms with van der Waals surface area (Å²) in [6, 6.07) is 7.19. The third kappa shape index (κ3) is 2.03. The summed E-state index contributed by atoms with van der Waals surface area (Å²) in [7, 11) is 0. The van der Waals surface area contributed by atoms with E-state index < -0.39 is 0 Å². The van der Waals surface area contributed by atoms with Crippen LogP contribution in [-0.2, 0) is 4.79 Å². The van der Waals surface area contributed by atoms with Gasteiger partial charge in [0.25, 0.3) is 5.91 Å². The van der Waals surface area contributed by atoms with Crippen molar-refractivity contribution in [2.75, 3.05) is 0 Å². The number of H-pyrrole nitrogens is 1. The molecule has 2 rings (SSSR count).